The number of hydrogen-bond donors (Lipinski definition) is 0. The molecule has 0 spiro atoms. The van der Waals surface area contributed by atoms with Crippen molar-refractivity contribution in [1.29, 1.82) is 0 Å². The summed E-state index contributed by atoms with van der Waals surface area (Å²) < 4.78 is 219. The smallest absolute Gasteiger partial charge is 0.253 e. The maximum absolute atomic E-state index is 14.3. The number of halogens is 2. The van der Waals surface area contributed by atoms with Gasteiger partial charge in [0.1, 0.15) is 75.3 Å². The molecule has 21 saturated heterocycles. The summed E-state index contributed by atoms with van der Waals surface area (Å²) in [6, 6.07) is 0. The molecule has 35 atom stereocenters. The van der Waals surface area contributed by atoms with Gasteiger partial charge in [-0.2, -0.15) is 0 Å². The van der Waals surface area contributed by atoms with Gasteiger partial charge in [0, 0.05) is 118 Å². The fraction of sp³-hybridized carbons (Fsp3) is 0.775. The van der Waals surface area contributed by atoms with Crippen molar-refractivity contribution in [3.05, 3.63) is 0 Å². The van der Waals surface area contributed by atoms with Gasteiger partial charge in [0.05, 0.1) is 0 Å². The van der Waals surface area contributed by atoms with Crippen molar-refractivity contribution >= 4 is 172 Å². The number of rotatable bonds is 33. The van der Waals surface area contributed by atoms with Crippen molar-refractivity contribution in [2.24, 2.45) is 0 Å². The molecule has 21 heterocycles. The molecular weight excluding hydrogens is 2260 g/mol. The van der Waals surface area contributed by atoms with Gasteiger partial charge in [0.25, 0.3) is 0 Å². The molecule has 14 bridgehead atoms. The van der Waals surface area contributed by atoms with Crippen LogP contribution in [0.3, 0.4) is 0 Å². The number of hydrogen-bond acceptors (Lipinski definition) is 55. The topological polar surface area (TPSA) is 664 Å². The van der Waals surface area contributed by atoms with Gasteiger partial charge in [-0.05, 0) is 0 Å². The number of ether oxygens (including phenoxy) is 35. The molecule has 0 aromatic heterocycles. The van der Waals surface area contributed by atoms with Crippen LogP contribution in [0.2, 0.25) is 21.7 Å². The minimum absolute atomic E-state index is 0.0210. The van der Waals surface area contributed by atoms with Crippen molar-refractivity contribution in [1.82, 2.24) is 0 Å². The first-order valence-electron chi connectivity index (χ1n) is 46.4. The second-order valence-electron chi connectivity index (χ2n) is 35.9. The summed E-state index contributed by atoms with van der Waals surface area (Å²) >= 11 is -7.66. The van der Waals surface area contributed by atoms with Gasteiger partial charge in [-0.1, -0.05) is 0 Å². The third-order valence-electron chi connectivity index (χ3n) is 22.6. The van der Waals surface area contributed by atoms with Crippen LogP contribution in [-0.4, -0.2) is 422 Å². The fourth-order valence-electron chi connectivity index (χ4n) is 17.7. The molecule has 21 rings (SSSR count). The summed E-state index contributed by atoms with van der Waals surface area (Å²) in [5.74, 6) is -24.4. The molecule has 21 fully saturated rings. The first kappa shape index (κ1) is 124. The average molecular weight is 2380 g/mol. The predicted octanol–water partition coefficient (Wildman–Crippen LogP) is 0.397. The number of esters is 20. The van der Waals surface area contributed by atoms with E-state index in [2.05, 4.69) is 0 Å². The van der Waals surface area contributed by atoms with Crippen molar-refractivity contribution in [3.8, 4) is 0 Å². The van der Waals surface area contributed by atoms with Crippen LogP contribution in [0.25, 0.3) is 0 Å². The molecule has 0 unspecified atom stereocenters. The molecule has 0 amide bonds. The van der Waals surface area contributed by atoms with E-state index in [0.29, 0.717) is 0 Å². The molecule has 59 heteroatoms. The Hall–Kier alpha value is -9.02. The molecule has 0 aromatic rings. The molecular formula is C89H126Cl2O55Sn2. The molecule has 834 valence electrons. The van der Waals surface area contributed by atoms with Gasteiger partial charge in [0.15, 0.2) is 74.0 Å². The normalized spacial score (nSPS) is 33.8. The summed E-state index contributed by atoms with van der Waals surface area (Å²) in [5, 5.41) is 0. The average Bonchev–Trinajstić information content (AvgIpc) is 0.782. The van der Waals surface area contributed by atoms with Gasteiger partial charge in [-0.25, -0.2) is 0 Å². The van der Waals surface area contributed by atoms with E-state index in [4.69, 9.17) is 184 Å². The van der Waals surface area contributed by atoms with Crippen molar-refractivity contribution < 1.29 is 262 Å². The quantitative estimate of drug-likeness (QED) is 0.0487. The number of carbonyl (C=O) groups excluding carboxylic acids is 20. The Balaban J connectivity index is 1.54. The Bertz CT molecular complexity index is 4550. The fourth-order valence-corrected chi connectivity index (χ4v) is 86.7. The number of carbonyl (C=O) groups is 20. The zero-order valence-corrected chi connectivity index (χ0v) is 92.6. The molecule has 0 aliphatic carbocycles. The van der Waals surface area contributed by atoms with Crippen LogP contribution in [0, 0.1) is 0 Å². The van der Waals surface area contributed by atoms with E-state index in [0.717, 1.165) is 138 Å². The van der Waals surface area contributed by atoms with Crippen LogP contribution in [0.1, 0.15) is 145 Å². The van der Waals surface area contributed by atoms with E-state index in [9.17, 15) is 95.9 Å². The molecule has 0 saturated carbocycles. The molecule has 0 N–H and O–H groups in total. The minimum atomic E-state index is -3.83. The Morgan fingerprint density at radius 1 is 0.189 bits per heavy atom. The predicted molar refractivity (Wildman–Crippen MR) is 478 cm³/mol. The Labute approximate surface area is 862 Å². The van der Waals surface area contributed by atoms with Gasteiger partial charge in [0.2, 0.25) is 0 Å². The molecule has 148 heavy (non-hydrogen) atoms. The Kier molecular flexibility index (Phi) is 47.0. The summed E-state index contributed by atoms with van der Waals surface area (Å²) in [5.41, 5.74) is 0. The van der Waals surface area contributed by atoms with Crippen LogP contribution in [0.4, 0.5) is 0 Å². The van der Waals surface area contributed by atoms with Gasteiger partial charge in [-0.3, -0.25) is 81.5 Å². The zero-order chi connectivity index (χ0) is 110. The minimum Gasteiger partial charge on any atom is -0.253 e. The van der Waals surface area contributed by atoms with Crippen molar-refractivity contribution in [2.75, 3.05) is 52.9 Å². The first-order valence-corrected chi connectivity index (χ1v) is 68.4. The SMILES string of the molecule is CC(=O)OC[C@H]1O[C@@H]2O[C@H]3[C@H](OC(C)=O)[C@@H](OC(C)=O)[C@@H](O[C@H]4[C@H](OC(C)=O)[C@@H](OC(C)=O)[C@@H](O[C@H]5[C@H](OC(C)=O)[C@@H](OC(C)=O)[C@@H](O[C@H]6[C@H](OC(C)=O)[C@@H](OC(C)=O)[C@@H](O[C@H]7[C@H](OC(C)=O)[C@@H](OC(C)=O)[C@@H](O[C@H]8[C@H](OC(C)=O)[C@@H](OC(C)=O)[C@@H](O[C@H]1[C@H](OCC[CH]([Sn]([CH3])([CH3])[Cl])[Sn]([CH3])([CH3])[Cl])[C@H]2OC(C)=O)O[C@@H]8COC(C)=O)O[C@@H]7COC(C)=O)O[C@@H]6COC(C)=O)O[C@@H]5COC(C)=O)O[C@@H]4COC(C)=O)O[C@@H]3COC(C)=O. The molecule has 0 aromatic carbocycles. The van der Waals surface area contributed by atoms with Gasteiger partial charge in [-0.15, -0.1) is 0 Å². The van der Waals surface area contributed by atoms with E-state index in [1.54, 1.807) is 0 Å². The summed E-state index contributed by atoms with van der Waals surface area (Å²) in [6.45, 7) is 8.96. The van der Waals surface area contributed by atoms with E-state index in [-0.39, 0.29) is 8.37 Å². The van der Waals surface area contributed by atoms with Crippen molar-refractivity contribution in [2.45, 2.75) is 382 Å². The Morgan fingerprint density at radius 2 is 0.311 bits per heavy atom. The maximum atomic E-state index is 14.3. The molecule has 21 aliphatic rings. The van der Waals surface area contributed by atoms with Gasteiger partial charge < -0.3 is 94.7 Å². The van der Waals surface area contributed by atoms with Crippen LogP contribution in [-0.2, 0) is 262 Å². The van der Waals surface area contributed by atoms with Crippen LogP contribution < -0.4 is 0 Å². The van der Waals surface area contributed by atoms with Gasteiger partial charge >= 0.3 is 425 Å². The van der Waals surface area contributed by atoms with E-state index in [1.165, 1.54) is 0 Å². The van der Waals surface area contributed by atoms with Crippen LogP contribution >= 0.6 is 17.8 Å². The zero-order valence-electron chi connectivity index (χ0n) is 85.4. The standard InChI is InChI=1S/C85H114O55.4CH3.2ClH.2Sn/c1-22-23-106-65-58-51(24-107-31(2)86)127-79(72(65)120-44(15)99)135-59-52(25-108-32(3)87)129-81(74(122-46(17)101)66(59)114-38(9)93)137-61-54(27-110-34(5)89)131-83(76(124-48(19)103)68(61)116-40(11)95)139-63-56(29-112-36(7)91)133-85(78(126-50(21)105)70(63)118-42(13)97)140-64-57(30-113-37(8)92)132-84(77(125-49(20)104)71(64)119-43(14)98)138-62-55(28-111-35(6)90)130-82(75(123-47(18)102)69(62)117-41(12)96)136-60-53(26-109-33(4)88)128-80(134-58)73(121-45(16)100)67(60)115-39(10)94;;;;;;;;/h1,51-85H,22-30H2,2-21H3;4*1H3;2*1H;;/q;;;;;;;2*+1/p-2/t51-,52-,53-,54-,55-,56-,57-,58-,59-,60-,61-,62-,63-,64-,65+,66+,67+,68+,69+,70+,71+,72-,73-,74-,75-,76-,77-,78-,79-,80-,81-,82-,83-,84-,85-;;;;;;;;/m1......../s1. The summed E-state index contributed by atoms with van der Waals surface area (Å²) in [4.78, 5) is 284. The van der Waals surface area contributed by atoms with E-state index < -0.39 is 422 Å². The van der Waals surface area contributed by atoms with Crippen molar-refractivity contribution in [3.63, 3.8) is 0 Å². The Morgan fingerprint density at radius 3 is 0.432 bits per heavy atom. The molecule has 55 nitrogen and oxygen atoms in total. The monoisotopic (exact) mass is 2380 g/mol. The summed E-state index contributed by atoms with van der Waals surface area (Å²) in [7, 11) is 14.7. The molecule has 0 radical (unpaired) electrons. The van der Waals surface area contributed by atoms with E-state index in [1.807, 2.05) is 19.8 Å². The summed E-state index contributed by atoms with van der Waals surface area (Å²) in [6.07, 6.45) is -80.0. The van der Waals surface area contributed by atoms with Crippen LogP contribution in [0.5, 0.6) is 0 Å². The molecule has 21 aliphatic heterocycles. The second kappa shape index (κ2) is 56.0. The second-order valence-corrected chi connectivity index (χ2v) is 75.5. The third-order valence-corrected chi connectivity index (χ3v) is 71.9. The third kappa shape index (κ3) is 36.3. The first-order chi connectivity index (χ1) is 69.1. The van der Waals surface area contributed by atoms with E-state index >= 15 is 0 Å². The van der Waals surface area contributed by atoms with Crippen LogP contribution in [0.15, 0.2) is 0 Å².